The predicted molar refractivity (Wildman–Crippen MR) is 100 cm³/mol. The minimum absolute atomic E-state index is 0.00267. The van der Waals surface area contributed by atoms with Gasteiger partial charge in [-0.1, -0.05) is 12.1 Å². The van der Waals surface area contributed by atoms with E-state index in [1.54, 1.807) is 29.2 Å². The average molecular weight is 369 g/mol. The second-order valence-corrected chi connectivity index (χ2v) is 6.15. The number of nitrogens with zero attached hydrogens (tertiary/aromatic N) is 2. The summed E-state index contributed by atoms with van der Waals surface area (Å²) in [6, 6.07) is 11.1. The van der Waals surface area contributed by atoms with Gasteiger partial charge in [-0.15, -0.1) is 0 Å². The molecule has 3 rings (SSSR count). The van der Waals surface area contributed by atoms with Gasteiger partial charge in [0.1, 0.15) is 12.2 Å². The Balaban J connectivity index is 1.83. The first-order valence-corrected chi connectivity index (χ1v) is 8.48. The van der Waals surface area contributed by atoms with Crippen molar-refractivity contribution < 1.29 is 19.2 Å². The minimum atomic E-state index is -0.582. The zero-order chi connectivity index (χ0) is 19.4. The van der Waals surface area contributed by atoms with E-state index < -0.39 is 10.8 Å². The Morgan fingerprint density at radius 1 is 1.26 bits per heavy atom. The number of nitro benzene ring substituents is 1. The van der Waals surface area contributed by atoms with Gasteiger partial charge in [-0.2, -0.15) is 0 Å². The third-order valence-electron chi connectivity index (χ3n) is 4.37. The summed E-state index contributed by atoms with van der Waals surface area (Å²) in [5, 5.41) is 13.8. The number of nitrogens with one attached hydrogen (secondary N) is 1. The predicted octanol–water partition coefficient (Wildman–Crippen LogP) is 2.77. The number of anilines is 2. The molecule has 0 bridgehead atoms. The van der Waals surface area contributed by atoms with Gasteiger partial charge in [-0.25, -0.2) is 0 Å². The zero-order valence-corrected chi connectivity index (χ0v) is 14.8. The van der Waals surface area contributed by atoms with Gasteiger partial charge in [0.2, 0.25) is 0 Å². The molecule has 8 heteroatoms. The Morgan fingerprint density at radius 3 is 2.78 bits per heavy atom. The van der Waals surface area contributed by atoms with Crippen molar-refractivity contribution in [3.8, 4) is 0 Å². The first-order chi connectivity index (χ1) is 13.0. The summed E-state index contributed by atoms with van der Waals surface area (Å²) in [6.45, 7) is 0.632. The normalized spacial score (nSPS) is 13.0. The summed E-state index contributed by atoms with van der Waals surface area (Å²) in [5.74, 6) is -0.666. The van der Waals surface area contributed by atoms with Crippen molar-refractivity contribution >= 4 is 28.9 Å². The highest BCUT2D eigenvalue weighted by Gasteiger charge is 2.23. The van der Waals surface area contributed by atoms with Crippen LogP contribution in [0.25, 0.3) is 0 Å². The third kappa shape index (κ3) is 3.95. The van der Waals surface area contributed by atoms with Gasteiger partial charge in [-0.05, 0) is 42.7 Å². The maximum absolute atomic E-state index is 12.5. The number of hydrogen-bond donors (Lipinski definition) is 1. The first kappa shape index (κ1) is 18.5. The van der Waals surface area contributed by atoms with E-state index in [-0.39, 0.29) is 23.8 Å². The van der Waals surface area contributed by atoms with Crippen LogP contribution in [0.2, 0.25) is 0 Å². The molecule has 0 aromatic heterocycles. The Kier molecular flexibility index (Phi) is 5.46. The number of rotatable bonds is 5. The molecule has 1 heterocycles. The average Bonchev–Trinajstić information content (AvgIpc) is 2.67. The second kappa shape index (κ2) is 7.96. The van der Waals surface area contributed by atoms with E-state index in [9.17, 15) is 19.7 Å². The van der Waals surface area contributed by atoms with Crippen LogP contribution in [-0.2, 0) is 16.0 Å². The van der Waals surface area contributed by atoms with Crippen molar-refractivity contribution in [1.82, 2.24) is 0 Å². The number of hydrogen-bond acceptors (Lipinski definition) is 5. The van der Waals surface area contributed by atoms with E-state index in [1.807, 2.05) is 0 Å². The van der Waals surface area contributed by atoms with E-state index in [1.165, 1.54) is 25.3 Å². The van der Waals surface area contributed by atoms with Crippen LogP contribution < -0.4 is 10.2 Å². The molecule has 2 aromatic carbocycles. The van der Waals surface area contributed by atoms with Crippen molar-refractivity contribution in [2.75, 3.05) is 30.5 Å². The lowest BCUT2D eigenvalue weighted by molar-refractivity contribution is -0.385. The fourth-order valence-electron chi connectivity index (χ4n) is 3.16. The fraction of sp³-hybridized carbons (Fsp3) is 0.263. The van der Waals surface area contributed by atoms with Gasteiger partial charge in [0.05, 0.1) is 4.92 Å². The van der Waals surface area contributed by atoms with Crippen LogP contribution in [-0.4, -0.2) is 37.0 Å². The van der Waals surface area contributed by atoms with E-state index in [0.717, 1.165) is 24.1 Å². The number of aryl methyl sites for hydroxylation is 1. The molecule has 1 aliphatic heterocycles. The summed E-state index contributed by atoms with van der Waals surface area (Å²) in [6.07, 6.45) is 1.59. The molecule has 1 aliphatic rings. The monoisotopic (exact) mass is 369 g/mol. The fourth-order valence-corrected chi connectivity index (χ4v) is 3.16. The van der Waals surface area contributed by atoms with E-state index >= 15 is 0 Å². The van der Waals surface area contributed by atoms with Crippen molar-refractivity contribution in [3.63, 3.8) is 0 Å². The smallest absolute Gasteiger partial charge is 0.282 e. The number of carbonyl (C=O) groups excluding carboxylic acids is 2. The summed E-state index contributed by atoms with van der Waals surface area (Å²) in [7, 11) is 1.48. The van der Waals surface area contributed by atoms with Crippen LogP contribution in [0, 0.1) is 10.1 Å². The molecule has 0 saturated carbocycles. The number of benzene rings is 2. The summed E-state index contributed by atoms with van der Waals surface area (Å²) in [5.41, 5.74) is 2.01. The maximum atomic E-state index is 12.5. The summed E-state index contributed by atoms with van der Waals surface area (Å²) in [4.78, 5) is 36.8. The summed E-state index contributed by atoms with van der Waals surface area (Å²) < 4.78 is 4.92. The SMILES string of the molecule is COCC(=O)N1CCCc2cc(NC(=O)c3ccccc3[N+](=O)[O-])ccc21. The number of nitro groups is 1. The van der Waals surface area contributed by atoms with Gasteiger partial charge in [0.15, 0.2) is 0 Å². The number of amides is 2. The number of para-hydroxylation sites is 1. The van der Waals surface area contributed by atoms with Gasteiger partial charge >= 0.3 is 0 Å². The molecule has 2 amide bonds. The van der Waals surface area contributed by atoms with Gasteiger partial charge < -0.3 is 15.0 Å². The Morgan fingerprint density at radius 2 is 2.04 bits per heavy atom. The van der Waals surface area contributed by atoms with Gasteiger partial charge in [0, 0.05) is 31.1 Å². The van der Waals surface area contributed by atoms with Crippen LogP contribution in [0.3, 0.4) is 0 Å². The molecule has 2 aromatic rings. The van der Waals surface area contributed by atoms with Crippen LogP contribution in [0.1, 0.15) is 22.3 Å². The van der Waals surface area contributed by atoms with Crippen LogP contribution >= 0.6 is 0 Å². The molecule has 140 valence electrons. The van der Waals surface area contributed by atoms with E-state index in [4.69, 9.17) is 4.74 Å². The zero-order valence-electron chi connectivity index (χ0n) is 14.8. The lowest BCUT2D eigenvalue weighted by Gasteiger charge is -2.29. The molecule has 0 unspecified atom stereocenters. The minimum Gasteiger partial charge on any atom is -0.375 e. The molecule has 1 N–H and O–H groups in total. The van der Waals surface area contributed by atoms with Crippen LogP contribution in [0.15, 0.2) is 42.5 Å². The topological polar surface area (TPSA) is 102 Å². The number of carbonyl (C=O) groups is 2. The lowest BCUT2D eigenvalue weighted by atomic mass is 10.0. The Bertz CT molecular complexity index is 897. The standard InChI is InChI=1S/C19H19N3O5/c1-27-12-18(23)21-10-4-5-13-11-14(8-9-16(13)21)20-19(24)15-6-2-3-7-17(15)22(25)26/h2-3,6-9,11H,4-5,10,12H2,1H3,(H,20,24). The number of ether oxygens (including phenoxy) is 1. The Hall–Kier alpha value is -3.26. The van der Waals surface area contributed by atoms with Crippen LogP contribution in [0.5, 0.6) is 0 Å². The maximum Gasteiger partial charge on any atom is 0.282 e. The third-order valence-corrected chi connectivity index (χ3v) is 4.37. The molecular weight excluding hydrogens is 350 g/mol. The van der Waals surface area contributed by atoms with Gasteiger partial charge in [-0.3, -0.25) is 19.7 Å². The molecule has 0 atom stereocenters. The quantitative estimate of drug-likeness (QED) is 0.645. The Labute approximate surface area is 155 Å². The highest BCUT2D eigenvalue weighted by Crippen LogP contribution is 2.30. The largest absolute Gasteiger partial charge is 0.375 e. The van der Waals surface area contributed by atoms with Crippen LogP contribution in [0.4, 0.5) is 17.1 Å². The van der Waals surface area contributed by atoms with Gasteiger partial charge in [0.25, 0.3) is 17.5 Å². The van der Waals surface area contributed by atoms with E-state index in [2.05, 4.69) is 5.32 Å². The van der Waals surface area contributed by atoms with Crippen molar-refractivity contribution in [2.24, 2.45) is 0 Å². The number of fused-ring (bicyclic) bond motifs is 1. The second-order valence-electron chi connectivity index (χ2n) is 6.15. The molecule has 8 nitrogen and oxygen atoms in total. The molecule has 0 fully saturated rings. The van der Waals surface area contributed by atoms with Crippen molar-refractivity contribution in [3.05, 3.63) is 63.7 Å². The molecular formula is C19H19N3O5. The summed E-state index contributed by atoms with van der Waals surface area (Å²) >= 11 is 0. The first-order valence-electron chi connectivity index (χ1n) is 8.48. The molecule has 27 heavy (non-hydrogen) atoms. The highest BCUT2D eigenvalue weighted by molar-refractivity contribution is 6.07. The van der Waals surface area contributed by atoms with Crippen molar-refractivity contribution in [1.29, 1.82) is 0 Å². The molecule has 0 spiro atoms. The molecule has 0 radical (unpaired) electrons. The molecule has 0 aliphatic carbocycles. The van der Waals surface area contributed by atoms with Crippen molar-refractivity contribution in [2.45, 2.75) is 12.8 Å². The van der Waals surface area contributed by atoms with E-state index in [0.29, 0.717) is 12.2 Å². The molecule has 0 saturated heterocycles. The lowest BCUT2D eigenvalue weighted by Crippen LogP contribution is -2.37. The highest BCUT2D eigenvalue weighted by atomic mass is 16.6. The number of methoxy groups -OCH3 is 1.